The first-order chi connectivity index (χ1) is 11.0. The molecular weight excluding hydrogens is 301 g/mol. The van der Waals surface area contributed by atoms with Gasteiger partial charge in [0.2, 0.25) is 6.23 Å². The number of ether oxygens (including phenoxy) is 3. The van der Waals surface area contributed by atoms with Gasteiger partial charge < -0.3 is 19.5 Å². The summed E-state index contributed by atoms with van der Waals surface area (Å²) < 4.78 is 29.7. The topological polar surface area (TPSA) is 56.8 Å². The van der Waals surface area contributed by atoms with E-state index in [0.29, 0.717) is 17.1 Å². The van der Waals surface area contributed by atoms with Crippen LogP contribution in [0.15, 0.2) is 30.3 Å². The Morgan fingerprint density at radius 3 is 2.65 bits per heavy atom. The fourth-order valence-corrected chi connectivity index (χ4v) is 2.60. The highest BCUT2D eigenvalue weighted by atomic mass is 19.1. The van der Waals surface area contributed by atoms with Crippen molar-refractivity contribution in [3.05, 3.63) is 52.8 Å². The lowest BCUT2D eigenvalue weighted by atomic mass is 10.1. The first-order valence-corrected chi connectivity index (χ1v) is 7.03. The zero-order valence-corrected chi connectivity index (χ0v) is 13.0. The summed E-state index contributed by atoms with van der Waals surface area (Å²) in [6.45, 7) is 1.85. The monoisotopic (exact) mass is 317 g/mol. The molecule has 1 aliphatic rings. The van der Waals surface area contributed by atoms with E-state index >= 15 is 0 Å². The number of nitrogens with one attached hydrogen (secondary N) is 1. The van der Waals surface area contributed by atoms with Crippen molar-refractivity contribution in [1.29, 1.82) is 0 Å². The molecule has 120 valence electrons. The van der Waals surface area contributed by atoms with E-state index in [0.717, 1.165) is 5.56 Å². The molecule has 1 aliphatic heterocycles. The van der Waals surface area contributed by atoms with Gasteiger partial charge in [0, 0.05) is 5.56 Å². The summed E-state index contributed by atoms with van der Waals surface area (Å²) in [6, 6.07) is 8.07. The molecule has 1 heterocycles. The second kappa shape index (κ2) is 5.79. The molecule has 0 spiro atoms. The molecule has 1 atom stereocenters. The molecule has 3 rings (SSSR count). The highest BCUT2D eigenvalue weighted by Crippen LogP contribution is 2.42. The summed E-state index contributed by atoms with van der Waals surface area (Å²) in [7, 11) is 2.94. The van der Waals surface area contributed by atoms with Crippen LogP contribution in [0, 0.1) is 12.7 Å². The van der Waals surface area contributed by atoms with Crippen molar-refractivity contribution in [2.45, 2.75) is 13.2 Å². The maximum Gasteiger partial charge on any atom is 0.344 e. The lowest BCUT2D eigenvalue weighted by Gasteiger charge is -2.16. The maximum atomic E-state index is 13.9. The number of carbonyl (C=O) groups excluding carboxylic acids is 1. The molecule has 0 unspecified atom stereocenters. The Balaban J connectivity index is 2.00. The molecule has 0 radical (unpaired) electrons. The first-order valence-electron chi connectivity index (χ1n) is 7.03. The number of halogens is 1. The Labute approximate surface area is 133 Å². The van der Waals surface area contributed by atoms with E-state index < -0.39 is 18.0 Å². The van der Waals surface area contributed by atoms with Gasteiger partial charge in [-0.25, -0.2) is 9.18 Å². The number of hydrogen-bond donors (Lipinski definition) is 1. The van der Waals surface area contributed by atoms with Crippen molar-refractivity contribution in [2.24, 2.45) is 0 Å². The third kappa shape index (κ3) is 2.56. The van der Waals surface area contributed by atoms with E-state index in [9.17, 15) is 9.18 Å². The lowest BCUT2D eigenvalue weighted by Crippen LogP contribution is -2.11. The molecule has 0 amide bonds. The third-order valence-corrected chi connectivity index (χ3v) is 3.70. The predicted octanol–water partition coefficient (Wildman–Crippen LogP) is 3.43. The van der Waals surface area contributed by atoms with Gasteiger partial charge in [0.1, 0.15) is 11.4 Å². The van der Waals surface area contributed by atoms with Crippen LogP contribution in [-0.2, 0) is 4.74 Å². The van der Waals surface area contributed by atoms with Crippen LogP contribution >= 0.6 is 0 Å². The summed E-state index contributed by atoms with van der Waals surface area (Å²) in [5, 5.41) is 2.91. The number of carbonyl (C=O) groups is 1. The van der Waals surface area contributed by atoms with Crippen LogP contribution in [0.5, 0.6) is 11.5 Å². The molecule has 5 nitrogen and oxygen atoms in total. The van der Waals surface area contributed by atoms with Crippen LogP contribution < -0.4 is 14.8 Å². The molecule has 0 bridgehead atoms. The number of anilines is 1. The number of rotatable bonds is 4. The molecule has 2 aromatic rings. The summed E-state index contributed by atoms with van der Waals surface area (Å²) in [5.74, 6) is -0.212. The van der Waals surface area contributed by atoms with Crippen LogP contribution in [0.3, 0.4) is 0 Å². The summed E-state index contributed by atoms with van der Waals surface area (Å²) in [5.41, 5.74) is 2.03. The van der Waals surface area contributed by atoms with Gasteiger partial charge in [-0.05, 0) is 36.8 Å². The molecule has 1 N–H and O–H groups in total. The second-order valence-electron chi connectivity index (χ2n) is 5.18. The largest absolute Gasteiger partial charge is 0.493 e. The molecular formula is C17H16FNO4. The van der Waals surface area contributed by atoms with Crippen LogP contribution in [0.2, 0.25) is 0 Å². The van der Waals surface area contributed by atoms with Crippen molar-refractivity contribution >= 4 is 11.7 Å². The third-order valence-electron chi connectivity index (χ3n) is 3.70. The van der Waals surface area contributed by atoms with Crippen molar-refractivity contribution < 1.29 is 23.4 Å². The van der Waals surface area contributed by atoms with Crippen molar-refractivity contribution in [1.82, 2.24) is 0 Å². The average Bonchev–Trinajstić information content (AvgIpc) is 2.86. The van der Waals surface area contributed by atoms with Gasteiger partial charge in [0.25, 0.3) is 0 Å². The molecule has 0 fully saturated rings. The van der Waals surface area contributed by atoms with Gasteiger partial charge in [-0.15, -0.1) is 0 Å². The van der Waals surface area contributed by atoms with E-state index in [2.05, 4.69) is 5.32 Å². The smallest absolute Gasteiger partial charge is 0.344 e. The van der Waals surface area contributed by atoms with E-state index in [-0.39, 0.29) is 11.3 Å². The Bertz CT molecular complexity index is 775. The van der Waals surface area contributed by atoms with Crippen LogP contribution in [0.25, 0.3) is 0 Å². The number of esters is 1. The standard InChI is InChI=1S/C17H16FNO4/c1-9-4-6-11(18)12(8-9)19-16-10-5-7-13(21-2)15(22-3)14(10)17(20)23-16/h4-8,16,19H,1-3H3/t16-/m1/s1. The van der Waals surface area contributed by atoms with Gasteiger partial charge >= 0.3 is 5.97 Å². The predicted molar refractivity (Wildman–Crippen MR) is 82.5 cm³/mol. The van der Waals surface area contributed by atoms with Gasteiger partial charge in [0.05, 0.1) is 19.9 Å². The molecule has 0 aromatic heterocycles. The number of methoxy groups -OCH3 is 2. The summed E-state index contributed by atoms with van der Waals surface area (Å²) in [4.78, 5) is 12.2. The van der Waals surface area contributed by atoms with E-state index in [4.69, 9.17) is 14.2 Å². The van der Waals surface area contributed by atoms with Crippen LogP contribution in [0.4, 0.5) is 10.1 Å². The van der Waals surface area contributed by atoms with Gasteiger partial charge in [-0.1, -0.05) is 6.07 Å². The fourth-order valence-electron chi connectivity index (χ4n) is 2.60. The van der Waals surface area contributed by atoms with Crippen molar-refractivity contribution in [2.75, 3.05) is 19.5 Å². The minimum absolute atomic E-state index is 0.269. The second-order valence-corrected chi connectivity index (χ2v) is 5.18. The Morgan fingerprint density at radius 2 is 1.96 bits per heavy atom. The number of cyclic esters (lactones) is 1. The Kier molecular flexibility index (Phi) is 3.82. The lowest BCUT2D eigenvalue weighted by molar-refractivity contribution is 0.0434. The number of aryl methyl sites for hydroxylation is 1. The van der Waals surface area contributed by atoms with Crippen LogP contribution in [-0.4, -0.2) is 20.2 Å². The quantitative estimate of drug-likeness (QED) is 0.876. The normalized spacial score (nSPS) is 15.8. The number of hydrogen-bond acceptors (Lipinski definition) is 5. The first kappa shape index (κ1) is 15.1. The zero-order chi connectivity index (χ0) is 16.6. The zero-order valence-electron chi connectivity index (χ0n) is 13.0. The summed E-state index contributed by atoms with van der Waals surface area (Å²) >= 11 is 0. The highest BCUT2D eigenvalue weighted by Gasteiger charge is 2.36. The minimum Gasteiger partial charge on any atom is -0.493 e. The van der Waals surface area contributed by atoms with E-state index in [1.54, 1.807) is 24.3 Å². The van der Waals surface area contributed by atoms with Gasteiger partial charge in [0.15, 0.2) is 11.5 Å². The molecule has 0 saturated carbocycles. The molecule has 2 aromatic carbocycles. The maximum absolute atomic E-state index is 13.9. The summed E-state index contributed by atoms with van der Waals surface area (Å²) in [6.07, 6.45) is -0.784. The number of benzene rings is 2. The molecule has 23 heavy (non-hydrogen) atoms. The van der Waals surface area contributed by atoms with Crippen molar-refractivity contribution in [3.63, 3.8) is 0 Å². The van der Waals surface area contributed by atoms with E-state index in [1.807, 2.05) is 6.92 Å². The SMILES string of the molecule is COc1ccc2c(c1OC)C(=O)O[C@H]2Nc1cc(C)ccc1F. The van der Waals surface area contributed by atoms with E-state index in [1.165, 1.54) is 20.3 Å². The van der Waals surface area contributed by atoms with Gasteiger partial charge in [-0.3, -0.25) is 0 Å². The minimum atomic E-state index is -0.784. The van der Waals surface area contributed by atoms with Crippen molar-refractivity contribution in [3.8, 4) is 11.5 Å². The Hall–Kier alpha value is -2.76. The van der Waals surface area contributed by atoms with Crippen LogP contribution in [0.1, 0.15) is 27.7 Å². The fraction of sp³-hybridized carbons (Fsp3) is 0.235. The molecule has 0 saturated heterocycles. The molecule has 0 aliphatic carbocycles. The highest BCUT2D eigenvalue weighted by molar-refractivity contribution is 5.98. The number of fused-ring (bicyclic) bond motifs is 1. The van der Waals surface area contributed by atoms with Gasteiger partial charge in [-0.2, -0.15) is 0 Å². The average molecular weight is 317 g/mol. The Morgan fingerprint density at radius 1 is 1.17 bits per heavy atom. The molecule has 6 heteroatoms.